The number of rotatable bonds is 4. The monoisotopic (exact) mass is 597 g/mol. The van der Waals surface area contributed by atoms with E-state index in [9.17, 15) is 18.0 Å². The van der Waals surface area contributed by atoms with E-state index in [2.05, 4.69) is 25.9 Å². The van der Waals surface area contributed by atoms with Crippen LogP contribution in [0.5, 0.6) is 0 Å². The largest absolute Gasteiger partial charge is 0.457 e. The van der Waals surface area contributed by atoms with Crippen molar-refractivity contribution in [3.05, 3.63) is 81.9 Å². The molecule has 2 heterocycles. The first kappa shape index (κ1) is 27.8. The van der Waals surface area contributed by atoms with E-state index in [1.54, 1.807) is 12.1 Å². The smallest absolute Gasteiger partial charge is 0.416 e. The van der Waals surface area contributed by atoms with Crippen LogP contribution in [0.2, 0.25) is 5.02 Å². The van der Waals surface area contributed by atoms with Crippen LogP contribution in [-0.4, -0.2) is 16.8 Å². The van der Waals surface area contributed by atoms with Crippen LogP contribution >= 0.6 is 23.4 Å². The number of thioether (sulfide) groups is 1. The van der Waals surface area contributed by atoms with E-state index in [1.807, 2.05) is 30.3 Å². The SMILES string of the molecule is CC12CCC(CC1=NN=C1SC(=Cc3ccc(-c4cc(C(F)(F)F)ccc4Cl)o3)C(=O)N1c1ccccc1)C2(C)C. The number of alkyl halides is 3. The van der Waals surface area contributed by atoms with Crippen molar-refractivity contribution in [2.24, 2.45) is 27.0 Å². The van der Waals surface area contributed by atoms with Crippen molar-refractivity contribution in [1.82, 2.24) is 0 Å². The van der Waals surface area contributed by atoms with Crippen LogP contribution in [0.25, 0.3) is 17.4 Å². The average molecular weight is 598 g/mol. The minimum atomic E-state index is -4.52. The van der Waals surface area contributed by atoms with Crippen molar-refractivity contribution in [1.29, 1.82) is 0 Å². The van der Waals surface area contributed by atoms with Gasteiger partial charge < -0.3 is 4.42 Å². The molecular formula is C31H27ClF3N3O2S. The van der Waals surface area contributed by atoms with Gasteiger partial charge in [0.05, 0.1) is 21.2 Å². The van der Waals surface area contributed by atoms with E-state index in [-0.39, 0.29) is 33.1 Å². The molecule has 0 N–H and O–H groups in total. The molecule has 2 bridgehead atoms. The molecule has 1 amide bonds. The van der Waals surface area contributed by atoms with Crippen molar-refractivity contribution >= 4 is 51.9 Å². The Labute approximate surface area is 245 Å². The first-order valence-corrected chi connectivity index (χ1v) is 14.5. The molecule has 2 aromatic carbocycles. The predicted octanol–water partition coefficient (Wildman–Crippen LogP) is 9.30. The Hall–Kier alpha value is -3.30. The molecule has 1 saturated heterocycles. The van der Waals surface area contributed by atoms with Crippen molar-refractivity contribution < 1.29 is 22.4 Å². The first-order valence-electron chi connectivity index (χ1n) is 13.3. The average Bonchev–Trinajstić information content (AvgIpc) is 3.62. The number of nitrogens with zero attached hydrogens (tertiary/aromatic N) is 3. The molecule has 5 nitrogen and oxygen atoms in total. The number of hydrogen-bond donors (Lipinski definition) is 0. The summed E-state index contributed by atoms with van der Waals surface area (Å²) < 4.78 is 45.6. The Morgan fingerprint density at radius 2 is 1.83 bits per heavy atom. The predicted molar refractivity (Wildman–Crippen MR) is 158 cm³/mol. The number of amides is 1. The molecule has 2 aliphatic carbocycles. The lowest BCUT2D eigenvalue weighted by Crippen LogP contribution is -2.32. The lowest BCUT2D eigenvalue weighted by Gasteiger charge is -2.34. The van der Waals surface area contributed by atoms with Crippen molar-refractivity contribution in [2.45, 2.75) is 46.2 Å². The molecule has 2 unspecified atom stereocenters. The summed E-state index contributed by atoms with van der Waals surface area (Å²) in [6.45, 7) is 6.86. The van der Waals surface area contributed by atoms with E-state index < -0.39 is 11.7 Å². The molecule has 3 aliphatic rings. The molecular weight excluding hydrogens is 571 g/mol. The zero-order valence-electron chi connectivity index (χ0n) is 22.6. The van der Waals surface area contributed by atoms with E-state index >= 15 is 0 Å². The molecule has 41 heavy (non-hydrogen) atoms. The van der Waals surface area contributed by atoms with Crippen LogP contribution in [0.15, 0.2) is 80.2 Å². The van der Waals surface area contributed by atoms with Gasteiger partial charge in [0.15, 0.2) is 0 Å². The molecule has 3 fully saturated rings. The van der Waals surface area contributed by atoms with Crippen LogP contribution in [0.1, 0.15) is 51.4 Å². The number of furan rings is 1. The summed E-state index contributed by atoms with van der Waals surface area (Å²) in [7, 11) is 0. The Kier molecular flexibility index (Phi) is 6.73. The number of fused-ring (bicyclic) bond motifs is 2. The third-order valence-corrected chi connectivity index (χ3v) is 10.3. The van der Waals surface area contributed by atoms with Gasteiger partial charge in [-0.3, -0.25) is 9.69 Å². The number of para-hydroxylation sites is 1. The van der Waals surface area contributed by atoms with Gasteiger partial charge in [0.25, 0.3) is 5.91 Å². The highest BCUT2D eigenvalue weighted by molar-refractivity contribution is 8.19. The van der Waals surface area contributed by atoms with Crippen LogP contribution in [-0.2, 0) is 11.0 Å². The number of carbonyl (C=O) groups excluding carboxylic acids is 1. The maximum Gasteiger partial charge on any atom is 0.416 e. The number of halogens is 4. The van der Waals surface area contributed by atoms with Crippen molar-refractivity contribution in [2.75, 3.05) is 4.90 Å². The lowest BCUT2D eigenvalue weighted by atomic mass is 9.70. The first-order chi connectivity index (χ1) is 19.4. The topological polar surface area (TPSA) is 58.2 Å². The maximum atomic E-state index is 13.6. The minimum absolute atomic E-state index is 0.0273. The number of amidine groups is 1. The summed E-state index contributed by atoms with van der Waals surface area (Å²) in [5, 5.41) is 9.88. The summed E-state index contributed by atoms with van der Waals surface area (Å²) in [6, 6.07) is 15.4. The number of hydrogen-bond acceptors (Lipinski definition) is 5. The number of benzene rings is 2. The van der Waals surface area contributed by atoms with Crippen LogP contribution < -0.4 is 4.90 Å². The van der Waals surface area contributed by atoms with Gasteiger partial charge in [-0.2, -0.15) is 18.3 Å². The summed E-state index contributed by atoms with van der Waals surface area (Å²) >= 11 is 7.37. The third-order valence-electron chi connectivity index (χ3n) is 9.05. The Morgan fingerprint density at radius 3 is 2.49 bits per heavy atom. The fourth-order valence-electron chi connectivity index (χ4n) is 6.12. The molecule has 1 aliphatic heterocycles. The van der Waals surface area contributed by atoms with E-state index in [4.69, 9.17) is 21.1 Å². The van der Waals surface area contributed by atoms with Crippen LogP contribution in [0.4, 0.5) is 18.9 Å². The quantitative estimate of drug-likeness (QED) is 0.222. The van der Waals surface area contributed by atoms with Gasteiger partial charge in [-0.25, -0.2) is 0 Å². The van der Waals surface area contributed by atoms with Crippen LogP contribution in [0, 0.1) is 16.7 Å². The fraction of sp³-hybridized carbons (Fsp3) is 0.323. The van der Waals surface area contributed by atoms with Gasteiger partial charge in [-0.15, -0.1) is 5.10 Å². The standard InChI is InChI=1S/C31H27ClF3N3O2S/c1-29(2)18-13-14-30(29,3)26(16-18)36-37-28-38(20-7-5-4-6-8-20)27(39)25(41-28)17-21-10-12-24(40-21)22-15-19(31(33,34)35)9-11-23(22)32/h4-12,15,17-18H,13-14,16H2,1-3H3. The third kappa shape index (κ3) is 4.73. The van der Waals surface area contributed by atoms with Gasteiger partial charge >= 0.3 is 6.18 Å². The van der Waals surface area contributed by atoms with E-state index in [0.717, 1.165) is 30.7 Å². The Morgan fingerprint density at radius 1 is 1.07 bits per heavy atom. The summed E-state index contributed by atoms with van der Waals surface area (Å²) in [5.74, 6) is 0.737. The van der Waals surface area contributed by atoms with Crippen LogP contribution in [0.3, 0.4) is 0 Å². The molecule has 0 spiro atoms. The second-order valence-electron chi connectivity index (χ2n) is 11.4. The molecule has 212 valence electrons. The molecule has 2 atom stereocenters. The van der Waals surface area contributed by atoms with Crippen molar-refractivity contribution in [3.8, 4) is 11.3 Å². The van der Waals surface area contributed by atoms with Gasteiger partial charge in [0, 0.05) is 22.8 Å². The Balaban J connectivity index is 1.34. The van der Waals surface area contributed by atoms with Gasteiger partial charge in [0.1, 0.15) is 11.5 Å². The highest BCUT2D eigenvalue weighted by Crippen LogP contribution is 2.64. The lowest BCUT2D eigenvalue weighted by molar-refractivity contribution is -0.137. The summed E-state index contributed by atoms with van der Waals surface area (Å²) in [5.41, 5.74) is 1.13. The summed E-state index contributed by atoms with van der Waals surface area (Å²) in [6.07, 6.45) is 0.206. The fourth-order valence-corrected chi connectivity index (χ4v) is 7.25. The second-order valence-corrected chi connectivity index (χ2v) is 12.8. The molecule has 3 aromatic rings. The molecule has 2 saturated carbocycles. The van der Waals surface area contributed by atoms with Crippen molar-refractivity contribution in [3.63, 3.8) is 0 Å². The maximum absolute atomic E-state index is 13.6. The number of anilines is 1. The number of carbonyl (C=O) groups is 1. The normalized spacial score (nSPS) is 26.7. The highest BCUT2D eigenvalue weighted by Gasteiger charge is 2.60. The molecule has 1 aromatic heterocycles. The summed E-state index contributed by atoms with van der Waals surface area (Å²) in [4.78, 5) is 15.5. The van der Waals surface area contributed by atoms with Gasteiger partial charge in [-0.1, -0.05) is 50.6 Å². The highest BCUT2D eigenvalue weighted by atomic mass is 35.5. The molecule has 6 rings (SSSR count). The molecule has 0 radical (unpaired) electrons. The molecule has 10 heteroatoms. The Bertz CT molecular complexity index is 1630. The minimum Gasteiger partial charge on any atom is -0.457 e. The van der Waals surface area contributed by atoms with Gasteiger partial charge in [0.2, 0.25) is 5.17 Å². The van der Waals surface area contributed by atoms with E-state index in [1.165, 1.54) is 35.2 Å². The zero-order chi connectivity index (χ0) is 29.2. The second kappa shape index (κ2) is 9.91. The van der Waals surface area contributed by atoms with E-state index in [0.29, 0.717) is 27.4 Å². The zero-order valence-corrected chi connectivity index (χ0v) is 24.2. The van der Waals surface area contributed by atoms with Gasteiger partial charge in [-0.05, 0) is 84.8 Å².